The molecule has 1 amide bonds. The molecular weight excluding hydrogens is 288 g/mol. The normalized spacial score (nSPS) is 16.7. The van der Waals surface area contributed by atoms with Gasteiger partial charge in [-0.25, -0.2) is 0 Å². The number of carbonyl (C=O) groups is 2. The molecule has 1 saturated heterocycles. The smallest absolute Gasteiger partial charge is 0.216 e. The Morgan fingerprint density at radius 2 is 1.86 bits per heavy atom. The maximum atomic E-state index is 12.2. The summed E-state index contributed by atoms with van der Waals surface area (Å²) >= 11 is 5.82. The van der Waals surface area contributed by atoms with Crippen LogP contribution in [0.4, 0.5) is 0 Å². The van der Waals surface area contributed by atoms with Gasteiger partial charge in [0.1, 0.15) is 0 Å². The molecule has 0 unspecified atom stereocenters. The zero-order chi connectivity index (χ0) is 15.2. The lowest BCUT2D eigenvalue weighted by molar-refractivity contribution is -0.119. The van der Waals surface area contributed by atoms with Gasteiger partial charge in [0.25, 0.3) is 0 Å². The van der Waals surface area contributed by atoms with Crippen LogP contribution in [0.25, 0.3) is 0 Å². The molecule has 0 bridgehead atoms. The third-order valence-electron chi connectivity index (χ3n) is 3.88. The first-order chi connectivity index (χ1) is 10.0. The summed E-state index contributed by atoms with van der Waals surface area (Å²) in [7, 11) is 0. The summed E-state index contributed by atoms with van der Waals surface area (Å²) in [5.41, 5.74) is 0.708. The number of halogens is 1. The molecule has 1 aromatic carbocycles. The van der Waals surface area contributed by atoms with E-state index in [0.29, 0.717) is 23.0 Å². The first kappa shape index (κ1) is 16.0. The van der Waals surface area contributed by atoms with Gasteiger partial charge in [0.05, 0.1) is 6.54 Å². The van der Waals surface area contributed by atoms with Crippen molar-refractivity contribution in [2.75, 3.05) is 26.2 Å². The molecule has 1 N–H and O–H groups in total. The van der Waals surface area contributed by atoms with E-state index >= 15 is 0 Å². The molecule has 0 atom stereocenters. The maximum Gasteiger partial charge on any atom is 0.216 e. The van der Waals surface area contributed by atoms with Gasteiger partial charge in [-0.3, -0.25) is 14.5 Å². The Morgan fingerprint density at radius 1 is 1.24 bits per heavy atom. The molecule has 21 heavy (non-hydrogen) atoms. The molecule has 1 aliphatic rings. The van der Waals surface area contributed by atoms with Crippen LogP contribution in [0.15, 0.2) is 24.3 Å². The Kier molecular flexibility index (Phi) is 5.76. The summed E-state index contributed by atoms with van der Waals surface area (Å²) in [4.78, 5) is 25.3. The lowest BCUT2D eigenvalue weighted by Crippen LogP contribution is -2.40. The van der Waals surface area contributed by atoms with Crippen molar-refractivity contribution in [3.63, 3.8) is 0 Å². The van der Waals surface area contributed by atoms with E-state index in [2.05, 4.69) is 10.2 Å². The molecule has 5 heteroatoms. The zero-order valence-electron chi connectivity index (χ0n) is 12.3. The second-order valence-corrected chi connectivity index (χ2v) is 6.02. The molecule has 114 valence electrons. The first-order valence-electron chi connectivity index (χ1n) is 7.30. The van der Waals surface area contributed by atoms with Crippen molar-refractivity contribution in [1.82, 2.24) is 10.2 Å². The molecule has 0 aliphatic carbocycles. The highest BCUT2D eigenvalue weighted by Crippen LogP contribution is 2.17. The second kappa shape index (κ2) is 7.57. The van der Waals surface area contributed by atoms with E-state index in [1.807, 2.05) is 0 Å². The number of likely N-dealkylation sites (tertiary alicyclic amines) is 1. The Bertz CT molecular complexity index is 494. The fourth-order valence-corrected chi connectivity index (χ4v) is 2.69. The van der Waals surface area contributed by atoms with Crippen LogP contribution in [0.5, 0.6) is 0 Å². The van der Waals surface area contributed by atoms with Crippen LogP contribution in [-0.2, 0) is 4.79 Å². The van der Waals surface area contributed by atoms with E-state index in [4.69, 9.17) is 11.6 Å². The largest absolute Gasteiger partial charge is 0.356 e. The van der Waals surface area contributed by atoms with Crippen LogP contribution < -0.4 is 5.32 Å². The van der Waals surface area contributed by atoms with Gasteiger partial charge in [-0.15, -0.1) is 0 Å². The van der Waals surface area contributed by atoms with E-state index in [0.717, 1.165) is 32.5 Å². The highest BCUT2D eigenvalue weighted by molar-refractivity contribution is 6.30. The second-order valence-electron chi connectivity index (χ2n) is 5.59. The number of piperidine rings is 1. The molecule has 1 aromatic rings. The minimum absolute atomic E-state index is 0.0235. The molecule has 1 heterocycles. The average molecular weight is 309 g/mol. The number of hydrogen-bond donors (Lipinski definition) is 1. The number of nitrogens with zero attached hydrogens (tertiary/aromatic N) is 1. The number of benzene rings is 1. The van der Waals surface area contributed by atoms with Crippen molar-refractivity contribution in [2.45, 2.75) is 19.8 Å². The van der Waals surface area contributed by atoms with Crippen molar-refractivity contribution in [1.29, 1.82) is 0 Å². The average Bonchev–Trinajstić information content (AvgIpc) is 2.47. The standard InChI is InChI=1S/C16H21ClN2O2/c1-12(20)18-10-13-6-8-19(9-7-13)11-16(21)14-2-4-15(17)5-3-14/h2-5,13H,6-11H2,1H3,(H,18,20). The minimum atomic E-state index is 0.0235. The predicted octanol–water partition coefficient (Wildman–Crippen LogP) is 2.37. The third-order valence-corrected chi connectivity index (χ3v) is 4.13. The topological polar surface area (TPSA) is 49.4 Å². The van der Waals surface area contributed by atoms with Gasteiger partial charge >= 0.3 is 0 Å². The Morgan fingerprint density at radius 3 is 2.43 bits per heavy atom. The summed E-state index contributed by atoms with van der Waals surface area (Å²) in [6.45, 7) is 4.55. The van der Waals surface area contributed by atoms with Crippen LogP contribution in [0.3, 0.4) is 0 Å². The number of carbonyl (C=O) groups excluding carboxylic acids is 2. The molecule has 0 spiro atoms. The Labute approximate surface area is 130 Å². The van der Waals surface area contributed by atoms with Crippen LogP contribution in [-0.4, -0.2) is 42.8 Å². The van der Waals surface area contributed by atoms with Crippen molar-refractivity contribution in [3.05, 3.63) is 34.9 Å². The number of rotatable bonds is 5. The van der Waals surface area contributed by atoms with Gasteiger partial charge in [0, 0.05) is 24.1 Å². The Hall–Kier alpha value is -1.39. The van der Waals surface area contributed by atoms with Crippen molar-refractivity contribution >= 4 is 23.3 Å². The molecular formula is C16H21ClN2O2. The zero-order valence-corrected chi connectivity index (χ0v) is 13.0. The van der Waals surface area contributed by atoms with E-state index < -0.39 is 0 Å². The molecule has 1 fully saturated rings. The quantitative estimate of drug-likeness (QED) is 0.850. The third kappa shape index (κ3) is 5.14. The number of Topliss-reactive ketones (excluding diaryl/α,β-unsaturated/α-hetero) is 1. The molecule has 0 radical (unpaired) electrons. The highest BCUT2D eigenvalue weighted by atomic mass is 35.5. The molecule has 0 aromatic heterocycles. The maximum absolute atomic E-state index is 12.2. The fourth-order valence-electron chi connectivity index (χ4n) is 2.57. The summed E-state index contributed by atoms with van der Waals surface area (Å²) in [5.74, 6) is 0.679. The van der Waals surface area contributed by atoms with Crippen molar-refractivity contribution < 1.29 is 9.59 Å². The van der Waals surface area contributed by atoms with Gasteiger partial charge in [0.15, 0.2) is 5.78 Å². The van der Waals surface area contributed by atoms with Gasteiger partial charge in [-0.2, -0.15) is 0 Å². The van der Waals surface area contributed by atoms with E-state index in [-0.39, 0.29) is 11.7 Å². The summed E-state index contributed by atoms with van der Waals surface area (Å²) in [6, 6.07) is 7.03. The van der Waals surface area contributed by atoms with Gasteiger partial charge in [-0.1, -0.05) is 11.6 Å². The van der Waals surface area contributed by atoms with Crippen LogP contribution in [0.1, 0.15) is 30.1 Å². The fraction of sp³-hybridized carbons (Fsp3) is 0.500. The molecule has 2 rings (SSSR count). The monoisotopic (exact) mass is 308 g/mol. The van der Waals surface area contributed by atoms with Crippen LogP contribution in [0.2, 0.25) is 5.02 Å². The van der Waals surface area contributed by atoms with Crippen molar-refractivity contribution in [2.24, 2.45) is 5.92 Å². The minimum Gasteiger partial charge on any atom is -0.356 e. The molecule has 1 aliphatic heterocycles. The number of nitrogens with one attached hydrogen (secondary N) is 1. The molecule has 4 nitrogen and oxygen atoms in total. The number of amides is 1. The highest BCUT2D eigenvalue weighted by Gasteiger charge is 2.21. The SMILES string of the molecule is CC(=O)NCC1CCN(CC(=O)c2ccc(Cl)cc2)CC1. The van der Waals surface area contributed by atoms with Gasteiger partial charge < -0.3 is 5.32 Å². The lowest BCUT2D eigenvalue weighted by Gasteiger charge is -2.31. The molecule has 0 saturated carbocycles. The summed E-state index contributed by atoms with van der Waals surface area (Å²) in [6.07, 6.45) is 2.04. The number of ketones is 1. The predicted molar refractivity (Wildman–Crippen MR) is 83.6 cm³/mol. The van der Waals surface area contributed by atoms with Gasteiger partial charge in [0.2, 0.25) is 5.91 Å². The van der Waals surface area contributed by atoms with Crippen LogP contribution in [0, 0.1) is 5.92 Å². The summed E-state index contributed by atoms with van der Waals surface area (Å²) in [5, 5.41) is 3.51. The lowest BCUT2D eigenvalue weighted by atomic mass is 9.96. The summed E-state index contributed by atoms with van der Waals surface area (Å²) < 4.78 is 0. The van der Waals surface area contributed by atoms with Crippen molar-refractivity contribution in [3.8, 4) is 0 Å². The van der Waals surface area contributed by atoms with E-state index in [9.17, 15) is 9.59 Å². The van der Waals surface area contributed by atoms with E-state index in [1.54, 1.807) is 31.2 Å². The van der Waals surface area contributed by atoms with Crippen LogP contribution >= 0.6 is 11.6 Å². The van der Waals surface area contributed by atoms with E-state index in [1.165, 1.54) is 0 Å². The Balaban J connectivity index is 1.76. The number of hydrogen-bond acceptors (Lipinski definition) is 3. The first-order valence-corrected chi connectivity index (χ1v) is 7.68. The van der Waals surface area contributed by atoms with Gasteiger partial charge in [-0.05, 0) is 56.1 Å².